The van der Waals surface area contributed by atoms with Crippen molar-refractivity contribution in [2.75, 3.05) is 13.6 Å². The van der Waals surface area contributed by atoms with Gasteiger partial charge in [0.2, 0.25) is 10.0 Å². The molecular weight excluding hydrogens is 248 g/mol. The molecule has 0 atom stereocenters. The molecule has 0 radical (unpaired) electrons. The lowest BCUT2D eigenvalue weighted by Crippen LogP contribution is -2.25. The molecule has 0 amide bonds. The van der Waals surface area contributed by atoms with Gasteiger partial charge >= 0.3 is 0 Å². The largest absolute Gasteiger partial charge is 0.316 e. The zero-order chi connectivity index (χ0) is 13.0. The molecule has 2 N–H and O–H groups in total. The van der Waals surface area contributed by atoms with E-state index >= 15 is 0 Å². The molecule has 0 saturated heterocycles. The first-order chi connectivity index (χ1) is 8.62. The van der Waals surface area contributed by atoms with Crippen LogP contribution in [-0.4, -0.2) is 22.0 Å². The van der Waals surface area contributed by atoms with E-state index in [1.807, 2.05) is 19.2 Å². The molecule has 1 fully saturated rings. The van der Waals surface area contributed by atoms with E-state index in [-0.39, 0.29) is 0 Å². The van der Waals surface area contributed by atoms with Crippen LogP contribution >= 0.6 is 0 Å². The second-order valence-corrected chi connectivity index (χ2v) is 6.57. The smallest absolute Gasteiger partial charge is 0.240 e. The molecule has 100 valence electrons. The fourth-order valence-electron chi connectivity index (χ4n) is 1.88. The monoisotopic (exact) mass is 268 g/mol. The highest BCUT2D eigenvalue weighted by atomic mass is 32.2. The highest BCUT2D eigenvalue weighted by Gasteiger charge is 2.22. The van der Waals surface area contributed by atoms with Crippen molar-refractivity contribution in [3.63, 3.8) is 0 Å². The molecule has 2 rings (SSSR count). The molecule has 0 aromatic heterocycles. The fraction of sp³-hybridized carbons (Fsp3) is 0.538. The number of sulfonamides is 1. The molecule has 1 aliphatic carbocycles. The Morgan fingerprint density at radius 3 is 2.44 bits per heavy atom. The van der Waals surface area contributed by atoms with Crippen LogP contribution in [0.4, 0.5) is 0 Å². The highest BCUT2D eigenvalue weighted by Crippen LogP contribution is 2.31. The molecule has 18 heavy (non-hydrogen) atoms. The molecule has 1 aromatic carbocycles. The van der Waals surface area contributed by atoms with Crippen molar-refractivity contribution in [1.29, 1.82) is 0 Å². The van der Waals surface area contributed by atoms with E-state index < -0.39 is 10.0 Å². The van der Waals surface area contributed by atoms with Gasteiger partial charge in [0.25, 0.3) is 0 Å². The molecule has 1 aromatic rings. The van der Waals surface area contributed by atoms with Crippen molar-refractivity contribution >= 4 is 10.0 Å². The van der Waals surface area contributed by atoms with Crippen LogP contribution in [0.25, 0.3) is 0 Å². The van der Waals surface area contributed by atoms with E-state index in [0.717, 1.165) is 24.4 Å². The molecule has 0 bridgehead atoms. The topological polar surface area (TPSA) is 58.2 Å². The summed E-state index contributed by atoms with van der Waals surface area (Å²) >= 11 is 0. The summed E-state index contributed by atoms with van der Waals surface area (Å²) in [6.45, 7) is 1.29. The predicted molar refractivity (Wildman–Crippen MR) is 71.7 cm³/mol. The maximum Gasteiger partial charge on any atom is 0.240 e. The van der Waals surface area contributed by atoms with Gasteiger partial charge in [-0.2, -0.15) is 0 Å². The van der Waals surface area contributed by atoms with E-state index in [9.17, 15) is 8.42 Å². The highest BCUT2D eigenvalue weighted by molar-refractivity contribution is 7.89. The van der Waals surface area contributed by atoms with Crippen LogP contribution in [0, 0.1) is 5.92 Å². The van der Waals surface area contributed by atoms with Crippen LogP contribution in [0.3, 0.4) is 0 Å². The molecule has 0 spiro atoms. The summed E-state index contributed by atoms with van der Waals surface area (Å²) in [4.78, 5) is 0.346. The Morgan fingerprint density at radius 2 is 1.89 bits per heavy atom. The summed E-state index contributed by atoms with van der Waals surface area (Å²) in [7, 11) is -1.47. The first kappa shape index (κ1) is 13.5. The SMILES string of the molecule is CNCc1ccc(S(=O)(=O)NCCC2CC2)cc1. The Hall–Kier alpha value is -0.910. The van der Waals surface area contributed by atoms with Gasteiger partial charge in [-0.25, -0.2) is 13.1 Å². The minimum absolute atomic E-state index is 0.346. The van der Waals surface area contributed by atoms with Crippen molar-refractivity contribution in [3.8, 4) is 0 Å². The Kier molecular flexibility index (Phi) is 4.37. The van der Waals surface area contributed by atoms with E-state index in [0.29, 0.717) is 11.4 Å². The summed E-state index contributed by atoms with van der Waals surface area (Å²) in [6, 6.07) is 7.00. The molecule has 0 unspecified atom stereocenters. The maximum absolute atomic E-state index is 12.0. The van der Waals surface area contributed by atoms with Gasteiger partial charge in [0.15, 0.2) is 0 Å². The standard InChI is InChI=1S/C13H20N2O2S/c1-14-10-12-4-6-13(7-5-12)18(16,17)15-9-8-11-2-3-11/h4-7,11,14-15H,2-3,8-10H2,1H3. The summed E-state index contributed by atoms with van der Waals surface area (Å²) in [5.74, 6) is 0.741. The second-order valence-electron chi connectivity index (χ2n) is 4.80. The molecule has 1 saturated carbocycles. The second kappa shape index (κ2) is 5.82. The van der Waals surface area contributed by atoms with Crippen molar-refractivity contribution in [1.82, 2.24) is 10.0 Å². The van der Waals surface area contributed by atoms with E-state index in [2.05, 4.69) is 10.0 Å². The lowest BCUT2D eigenvalue weighted by molar-refractivity contribution is 0.575. The Bertz CT molecular complexity index is 478. The number of benzene rings is 1. The van der Waals surface area contributed by atoms with Gasteiger partial charge in [-0.15, -0.1) is 0 Å². The zero-order valence-corrected chi connectivity index (χ0v) is 11.5. The van der Waals surface area contributed by atoms with Gasteiger partial charge in [-0.05, 0) is 37.1 Å². The fourth-order valence-corrected chi connectivity index (χ4v) is 2.93. The van der Waals surface area contributed by atoms with E-state index in [4.69, 9.17) is 0 Å². The first-order valence-electron chi connectivity index (χ1n) is 6.35. The molecule has 0 heterocycles. The zero-order valence-electron chi connectivity index (χ0n) is 10.6. The minimum atomic E-state index is -3.33. The summed E-state index contributed by atoms with van der Waals surface area (Å²) in [5.41, 5.74) is 1.08. The average molecular weight is 268 g/mol. The Balaban J connectivity index is 1.94. The molecule has 4 nitrogen and oxygen atoms in total. The van der Waals surface area contributed by atoms with Gasteiger partial charge in [0.1, 0.15) is 0 Å². The molecular formula is C13H20N2O2S. The van der Waals surface area contributed by atoms with Crippen molar-refractivity contribution in [3.05, 3.63) is 29.8 Å². The third-order valence-corrected chi connectivity index (χ3v) is 4.63. The van der Waals surface area contributed by atoms with Gasteiger partial charge in [0, 0.05) is 13.1 Å². The van der Waals surface area contributed by atoms with Crippen LogP contribution in [0.15, 0.2) is 29.2 Å². The van der Waals surface area contributed by atoms with Crippen molar-refractivity contribution < 1.29 is 8.42 Å². The van der Waals surface area contributed by atoms with Crippen LogP contribution < -0.4 is 10.0 Å². The lowest BCUT2D eigenvalue weighted by atomic mass is 10.2. The number of rotatable bonds is 7. The van der Waals surface area contributed by atoms with Gasteiger partial charge in [0.05, 0.1) is 4.90 Å². The summed E-state index contributed by atoms with van der Waals surface area (Å²) in [6.07, 6.45) is 3.46. The molecule has 5 heteroatoms. The predicted octanol–water partition coefficient (Wildman–Crippen LogP) is 1.48. The first-order valence-corrected chi connectivity index (χ1v) is 7.83. The number of hydrogen-bond donors (Lipinski definition) is 2. The van der Waals surface area contributed by atoms with Crippen molar-refractivity contribution in [2.45, 2.75) is 30.7 Å². The maximum atomic E-state index is 12.0. The Labute approximate surface area is 109 Å². The van der Waals surface area contributed by atoms with Crippen LogP contribution in [0.1, 0.15) is 24.8 Å². The quantitative estimate of drug-likeness (QED) is 0.787. The van der Waals surface area contributed by atoms with Crippen molar-refractivity contribution in [2.24, 2.45) is 5.92 Å². The van der Waals surface area contributed by atoms with Gasteiger partial charge in [-0.3, -0.25) is 0 Å². The number of nitrogens with one attached hydrogen (secondary N) is 2. The summed E-state index contributed by atoms with van der Waals surface area (Å²) < 4.78 is 26.6. The van der Waals surface area contributed by atoms with E-state index in [1.165, 1.54) is 12.8 Å². The third kappa shape index (κ3) is 3.80. The minimum Gasteiger partial charge on any atom is -0.316 e. The number of hydrogen-bond acceptors (Lipinski definition) is 3. The van der Waals surface area contributed by atoms with Crippen LogP contribution in [0.5, 0.6) is 0 Å². The van der Waals surface area contributed by atoms with Crippen LogP contribution in [-0.2, 0) is 16.6 Å². The average Bonchev–Trinajstić information content (AvgIpc) is 3.14. The Morgan fingerprint density at radius 1 is 1.22 bits per heavy atom. The van der Waals surface area contributed by atoms with E-state index in [1.54, 1.807) is 12.1 Å². The summed E-state index contributed by atoms with van der Waals surface area (Å²) in [5, 5.41) is 3.03. The third-order valence-electron chi connectivity index (χ3n) is 3.16. The molecule has 1 aliphatic rings. The molecule has 0 aliphatic heterocycles. The lowest BCUT2D eigenvalue weighted by Gasteiger charge is -2.07. The normalized spacial score (nSPS) is 15.8. The van der Waals surface area contributed by atoms with Gasteiger partial charge in [-0.1, -0.05) is 25.0 Å². The van der Waals surface area contributed by atoms with Crippen LogP contribution in [0.2, 0.25) is 0 Å². The van der Waals surface area contributed by atoms with Gasteiger partial charge < -0.3 is 5.32 Å².